The van der Waals surface area contributed by atoms with Crippen LogP contribution in [0.2, 0.25) is 0 Å². The molecule has 0 radical (unpaired) electrons. The zero-order valence-electron chi connectivity index (χ0n) is 10.4. The van der Waals surface area contributed by atoms with Crippen LogP contribution in [0.25, 0.3) is 10.6 Å². The highest BCUT2D eigenvalue weighted by atomic mass is 32.1. The van der Waals surface area contributed by atoms with E-state index in [4.69, 9.17) is 10.00 Å². The third-order valence-electron chi connectivity index (χ3n) is 2.62. The van der Waals surface area contributed by atoms with Gasteiger partial charge in [0.25, 0.3) is 0 Å². The van der Waals surface area contributed by atoms with Crippen LogP contribution in [0.5, 0.6) is 5.75 Å². The van der Waals surface area contributed by atoms with Gasteiger partial charge >= 0.3 is 0 Å². The molecule has 92 valence electrons. The predicted molar refractivity (Wildman–Crippen MR) is 72.8 cm³/mol. The van der Waals surface area contributed by atoms with Gasteiger partial charge in [0.15, 0.2) is 0 Å². The molecular weight excluding hydrogens is 244 g/mol. The van der Waals surface area contributed by atoms with Crippen LogP contribution >= 0.6 is 11.3 Å². The highest BCUT2D eigenvalue weighted by Crippen LogP contribution is 2.29. The molecule has 0 amide bonds. The molecule has 0 saturated heterocycles. The molecule has 0 N–H and O–H groups in total. The van der Waals surface area contributed by atoms with Gasteiger partial charge in [-0.05, 0) is 30.7 Å². The standard InChI is InChI=1S/C14H14N2OS/c1-3-4-12-13(9-15)18-14(16-12)10-5-7-11(17-2)8-6-10/h5-8H,3-4H2,1-2H3. The smallest absolute Gasteiger partial charge is 0.128 e. The Labute approximate surface area is 111 Å². The Balaban J connectivity index is 2.35. The molecule has 0 bridgehead atoms. The summed E-state index contributed by atoms with van der Waals surface area (Å²) < 4.78 is 5.12. The third-order valence-corrected chi connectivity index (χ3v) is 3.67. The fourth-order valence-electron chi connectivity index (χ4n) is 1.70. The molecule has 0 spiro atoms. The SMILES string of the molecule is CCCc1nc(-c2ccc(OC)cc2)sc1C#N. The molecule has 0 unspecified atom stereocenters. The van der Waals surface area contributed by atoms with E-state index in [1.54, 1.807) is 7.11 Å². The van der Waals surface area contributed by atoms with E-state index in [1.165, 1.54) is 11.3 Å². The predicted octanol–water partition coefficient (Wildman–Crippen LogP) is 3.64. The maximum Gasteiger partial charge on any atom is 0.128 e. The molecule has 0 saturated carbocycles. The molecule has 4 heteroatoms. The summed E-state index contributed by atoms with van der Waals surface area (Å²) in [4.78, 5) is 5.28. The van der Waals surface area contributed by atoms with E-state index < -0.39 is 0 Å². The van der Waals surface area contributed by atoms with E-state index in [0.717, 1.165) is 39.7 Å². The first-order valence-electron chi connectivity index (χ1n) is 5.82. The number of hydrogen-bond donors (Lipinski definition) is 0. The van der Waals surface area contributed by atoms with E-state index >= 15 is 0 Å². The molecule has 3 nitrogen and oxygen atoms in total. The van der Waals surface area contributed by atoms with Crippen molar-refractivity contribution in [2.45, 2.75) is 19.8 Å². The van der Waals surface area contributed by atoms with Crippen molar-refractivity contribution >= 4 is 11.3 Å². The van der Waals surface area contributed by atoms with Gasteiger partial charge in [0, 0.05) is 5.56 Å². The van der Waals surface area contributed by atoms with Crippen molar-refractivity contribution in [3.63, 3.8) is 0 Å². The van der Waals surface area contributed by atoms with Crippen molar-refractivity contribution in [2.24, 2.45) is 0 Å². The highest BCUT2D eigenvalue weighted by Gasteiger charge is 2.11. The molecule has 2 rings (SSSR count). The summed E-state index contributed by atoms with van der Waals surface area (Å²) in [5, 5.41) is 9.99. The summed E-state index contributed by atoms with van der Waals surface area (Å²) in [5.74, 6) is 0.824. The Morgan fingerprint density at radius 2 is 2.06 bits per heavy atom. The van der Waals surface area contributed by atoms with Crippen molar-refractivity contribution in [1.82, 2.24) is 4.98 Å². The fraction of sp³-hybridized carbons (Fsp3) is 0.286. The van der Waals surface area contributed by atoms with Crippen molar-refractivity contribution in [1.29, 1.82) is 5.26 Å². The van der Waals surface area contributed by atoms with Gasteiger partial charge in [-0.2, -0.15) is 5.26 Å². The van der Waals surface area contributed by atoms with Gasteiger partial charge in [-0.3, -0.25) is 0 Å². The molecule has 0 atom stereocenters. The normalized spacial score (nSPS) is 10.1. The molecule has 18 heavy (non-hydrogen) atoms. The van der Waals surface area contributed by atoms with Crippen molar-refractivity contribution in [2.75, 3.05) is 7.11 Å². The summed E-state index contributed by atoms with van der Waals surface area (Å²) in [6.07, 6.45) is 1.86. The Hall–Kier alpha value is -1.86. The highest BCUT2D eigenvalue weighted by molar-refractivity contribution is 7.15. The first-order valence-corrected chi connectivity index (χ1v) is 6.64. The lowest BCUT2D eigenvalue weighted by Crippen LogP contribution is -1.87. The number of aryl methyl sites for hydroxylation is 1. The summed E-state index contributed by atoms with van der Waals surface area (Å²) >= 11 is 1.45. The largest absolute Gasteiger partial charge is 0.497 e. The quantitative estimate of drug-likeness (QED) is 0.841. The number of methoxy groups -OCH3 is 1. The van der Waals surface area contributed by atoms with Gasteiger partial charge in [0.1, 0.15) is 21.7 Å². The minimum Gasteiger partial charge on any atom is -0.497 e. The molecule has 0 fully saturated rings. The number of benzene rings is 1. The van der Waals surface area contributed by atoms with Gasteiger partial charge in [-0.1, -0.05) is 13.3 Å². The first-order chi connectivity index (χ1) is 8.78. The summed E-state index contributed by atoms with van der Waals surface area (Å²) in [5.41, 5.74) is 1.94. The number of aromatic nitrogens is 1. The molecular formula is C14H14N2OS. The average molecular weight is 258 g/mol. The summed E-state index contributed by atoms with van der Waals surface area (Å²) in [6, 6.07) is 9.97. The summed E-state index contributed by atoms with van der Waals surface area (Å²) in [6.45, 7) is 2.09. The monoisotopic (exact) mass is 258 g/mol. The van der Waals surface area contributed by atoms with Crippen LogP contribution in [0, 0.1) is 11.3 Å². The second kappa shape index (κ2) is 5.65. The number of hydrogen-bond acceptors (Lipinski definition) is 4. The van der Waals surface area contributed by atoms with Crippen molar-refractivity contribution in [3.8, 4) is 22.4 Å². The van der Waals surface area contributed by atoms with Gasteiger partial charge < -0.3 is 4.74 Å². The number of nitrogens with zero attached hydrogens (tertiary/aromatic N) is 2. The zero-order valence-corrected chi connectivity index (χ0v) is 11.3. The van der Waals surface area contributed by atoms with Gasteiger partial charge in [-0.15, -0.1) is 11.3 Å². The lowest BCUT2D eigenvalue weighted by atomic mass is 10.2. The first kappa shape index (κ1) is 12.6. The second-order valence-electron chi connectivity index (χ2n) is 3.89. The van der Waals surface area contributed by atoms with E-state index in [0.29, 0.717) is 0 Å². The summed E-state index contributed by atoms with van der Waals surface area (Å²) in [7, 11) is 1.64. The minimum absolute atomic E-state index is 0.725. The molecule has 2 aromatic rings. The van der Waals surface area contributed by atoms with Crippen molar-refractivity contribution in [3.05, 3.63) is 34.8 Å². The van der Waals surface area contributed by atoms with Crippen LogP contribution in [-0.2, 0) is 6.42 Å². The van der Waals surface area contributed by atoms with Crippen LogP contribution in [0.15, 0.2) is 24.3 Å². The van der Waals surface area contributed by atoms with E-state index in [1.807, 2.05) is 24.3 Å². The number of nitriles is 1. The maximum absolute atomic E-state index is 9.09. The molecule has 1 aromatic heterocycles. The van der Waals surface area contributed by atoms with Crippen LogP contribution in [0.3, 0.4) is 0 Å². The van der Waals surface area contributed by atoms with Gasteiger partial charge in [-0.25, -0.2) is 4.98 Å². The number of rotatable bonds is 4. The maximum atomic E-state index is 9.09. The van der Waals surface area contributed by atoms with Crippen LogP contribution in [0.1, 0.15) is 23.9 Å². The minimum atomic E-state index is 0.725. The Morgan fingerprint density at radius 3 is 2.61 bits per heavy atom. The molecule has 0 aliphatic carbocycles. The van der Waals surface area contributed by atoms with E-state index in [9.17, 15) is 0 Å². The molecule has 1 heterocycles. The van der Waals surface area contributed by atoms with E-state index in [2.05, 4.69) is 18.0 Å². The number of thiazole rings is 1. The molecule has 0 aliphatic heterocycles. The van der Waals surface area contributed by atoms with Crippen LogP contribution < -0.4 is 4.74 Å². The molecule has 1 aromatic carbocycles. The van der Waals surface area contributed by atoms with Crippen molar-refractivity contribution < 1.29 is 4.74 Å². The van der Waals surface area contributed by atoms with Gasteiger partial charge in [0.2, 0.25) is 0 Å². The Kier molecular flexibility index (Phi) is 3.96. The Bertz CT molecular complexity index is 566. The fourth-order valence-corrected chi connectivity index (χ4v) is 2.62. The Morgan fingerprint density at radius 1 is 1.33 bits per heavy atom. The van der Waals surface area contributed by atoms with Crippen LogP contribution in [-0.4, -0.2) is 12.1 Å². The van der Waals surface area contributed by atoms with E-state index in [-0.39, 0.29) is 0 Å². The van der Waals surface area contributed by atoms with Crippen LogP contribution in [0.4, 0.5) is 0 Å². The topological polar surface area (TPSA) is 45.9 Å². The zero-order chi connectivity index (χ0) is 13.0. The lowest BCUT2D eigenvalue weighted by molar-refractivity contribution is 0.415. The average Bonchev–Trinajstić information content (AvgIpc) is 2.82. The third kappa shape index (κ3) is 2.52. The second-order valence-corrected chi connectivity index (χ2v) is 4.88. The molecule has 0 aliphatic rings. The number of ether oxygens (including phenoxy) is 1. The van der Waals surface area contributed by atoms with Gasteiger partial charge in [0.05, 0.1) is 12.8 Å². The lowest BCUT2D eigenvalue weighted by Gasteiger charge is -2.00.